The number of unbranched alkanes of at least 4 members (excludes halogenated alkanes) is 1. The number of hydrogen-bond donors (Lipinski definition) is 0. The molecular weight excluding hydrogens is 280 g/mol. The molecule has 1 aromatic rings. The largest absolute Gasteiger partial charge is 0.271 e. The molecule has 0 amide bonds. The summed E-state index contributed by atoms with van der Waals surface area (Å²) in [6.45, 7) is 0. The Kier molecular flexibility index (Phi) is 4.64. The molecule has 0 spiro atoms. The van der Waals surface area contributed by atoms with Gasteiger partial charge in [-0.05, 0) is 12.5 Å². The molecule has 96 valence electrons. The number of sulfone groups is 1. The Hall–Kier alpha value is -1.65. The smallest absolute Gasteiger partial charge is 0.258 e. The third-order valence-corrected chi connectivity index (χ3v) is 4.44. The van der Waals surface area contributed by atoms with Gasteiger partial charge in [0, 0.05) is 18.6 Å². The molecule has 0 radical (unpaired) electrons. The van der Waals surface area contributed by atoms with Crippen LogP contribution in [-0.2, 0) is 9.84 Å². The van der Waals surface area contributed by atoms with E-state index in [1.807, 2.05) is 6.07 Å². The Labute approximate surface area is 109 Å². The van der Waals surface area contributed by atoms with Crippen LogP contribution < -0.4 is 0 Å². The SMILES string of the molecule is N#CCCCS(=O)(=O)c1ccc([N+](=O)[O-])cc1Cl. The highest BCUT2D eigenvalue weighted by atomic mass is 35.5. The van der Waals surface area contributed by atoms with Crippen molar-refractivity contribution >= 4 is 27.1 Å². The molecule has 1 rings (SSSR count). The van der Waals surface area contributed by atoms with E-state index in [0.717, 1.165) is 18.2 Å². The van der Waals surface area contributed by atoms with Crippen LogP contribution in [0.3, 0.4) is 0 Å². The first kappa shape index (κ1) is 14.4. The molecule has 8 heteroatoms. The van der Waals surface area contributed by atoms with Crippen LogP contribution in [-0.4, -0.2) is 19.1 Å². The fourth-order valence-corrected chi connectivity index (χ4v) is 3.21. The van der Waals surface area contributed by atoms with Crippen molar-refractivity contribution in [3.63, 3.8) is 0 Å². The quantitative estimate of drug-likeness (QED) is 0.470. The number of nitrogens with zero attached hydrogens (tertiary/aromatic N) is 2. The summed E-state index contributed by atoms with van der Waals surface area (Å²) in [5.41, 5.74) is -0.268. The fourth-order valence-electron chi connectivity index (χ4n) is 1.31. The van der Waals surface area contributed by atoms with E-state index in [9.17, 15) is 18.5 Å². The first-order valence-electron chi connectivity index (χ1n) is 4.92. The minimum Gasteiger partial charge on any atom is -0.258 e. The number of nitriles is 1. The van der Waals surface area contributed by atoms with Gasteiger partial charge in [0.05, 0.1) is 26.7 Å². The molecule has 1 aromatic carbocycles. The Balaban J connectivity index is 3.03. The van der Waals surface area contributed by atoms with Crippen LogP contribution in [0, 0.1) is 21.4 Å². The van der Waals surface area contributed by atoms with Crippen LogP contribution in [0.15, 0.2) is 23.1 Å². The zero-order chi connectivity index (χ0) is 13.8. The van der Waals surface area contributed by atoms with Gasteiger partial charge in [0.1, 0.15) is 0 Å². The standard InChI is InChI=1S/C10H9ClN2O4S/c11-9-7-8(13(14)15)3-4-10(9)18(16,17)6-2-1-5-12/h3-4,7H,1-2,6H2. The molecule has 0 saturated carbocycles. The number of halogens is 1. The zero-order valence-electron chi connectivity index (χ0n) is 9.17. The summed E-state index contributed by atoms with van der Waals surface area (Å²) in [5, 5.41) is 18.6. The molecule has 0 fully saturated rings. The van der Waals surface area contributed by atoms with Crippen molar-refractivity contribution < 1.29 is 13.3 Å². The lowest BCUT2D eigenvalue weighted by molar-refractivity contribution is -0.384. The van der Waals surface area contributed by atoms with Gasteiger partial charge in [-0.15, -0.1) is 0 Å². The Bertz CT molecular complexity index is 607. The van der Waals surface area contributed by atoms with Gasteiger partial charge in [-0.25, -0.2) is 8.42 Å². The van der Waals surface area contributed by atoms with Crippen molar-refractivity contribution in [3.8, 4) is 6.07 Å². The predicted octanol–water partition coefficient (Wildman–Crippen LogP) is 2.33. The van der Waals surface area contributed by atoms with Crippen LogP contribution in [0.4, 0.5) is 5.69 Å². The molecule has 0 bridgehead atoms. The van der Waals surface area contributed by atoms with E-state index in [1.54, 1.807) is 0 Å². The molecule has 0 aromatic heterocycles. The van der Waals surface area contributed by atoms with Crippen LogP contribution in [0.5, 0.6) is 0 Å². The van der Waals surface area contributed by atoms with Gasteiger partial charge >= 0.3 is 0 Å². The fraction of sp³-hybridized carbons (Fsp3) is 0.300. The number of nitro benzene ring substituents is 1. The molecule has 0 unspecified atom stereocenters. The molecule has 0 aliphatic heterocycles. The van der Waals surface area contributed by atoms with Gasteiger partial charge in [0.15, 0.2) is 9.84 Å². The van der Waals surface area contributed by atoms with E-state index < -0.39 is 14.8 Å². The van der Waals surface area contributed by atoms with Gasteiger partial charge in [0.2, 0.25) is 0 Å². The molecule has 0 saturated heterocycles. The minimum atomic E-state index is -3.61. The van der Waals surface area contributed by atoms with Crippen molar-refractivity contribution in [3.05, 3.63) is 33.3 Å². The van der Waals surface area contributed by atoms with E-state index in [0.29, 0.717) is 0 Å². The van der Waals surface area contributed by atoms with Crippen molar-refractivity contribution in [1.82, 2.24) is 0 Å². The summed E-state index contributed by atoms with van der Waals surface area (Å²) < 4.78 is 23.7. The number of benzene rings is 1. The number of non-ortho nitro benzene ring substituents is 1. The molecule has 6 nitrogen and oxygen atoms in total. The van der Waals surface area contributed by atoms with Crippen molar-refractivity contribution in [1.29, 1.82) is 5.26 Å². The van der Waals surface area contributed by atoms with Gasteiger partial charge < -0.3 is 0 Å². The van der Waals surface area contributed by atoms with Gasteiger partial charge in [-0.1, -0.05) is 11.6 Å². The third kappa shape index (κ3) is 3.42. The summed E-state index contributed by atoms with van der Waals surface area (Å²) in [6.07, 6.45) is 0.329. The Morgan fingerprint density at radius 3 is 2.61 bits per heavy atom. The van der Waals surface area contributed by atoms with Gasteiger partial charge in [0.25, 0.3) is 5.69 Å². The zero-order valence-corrected chi connectivity index (χ0v) is 10.7. The summed E-state index contributed by atoms with van der Waals surface area (Å²) in [5.74, 6) is -0.210. The van der Waals surface area contributed by atoms with Gasteiger partial charge in [-0.2, -0.15) is 5.26 Å². The van der Waals surface area contributed by atoms with Crippen molar-refractivity contribution in [2.24, 2.45) is 0 Å². The molecular formula is C10H9ClN2O4S. The topological polar surface area (TPSA) is 101 Å². The summed E-state index contributed by atoms with van der Waals surface area (Å²) >= 11 is 5.72. The maximum Gasteiger partial charge on any atom is 0.271 e. The molecule has 0 atom stereocenters. The summed E-state index contributed by atoms with van der Waals surface area (Å²) in [6, 6.07) is 5.04. The molecule has 0 aliphatic carbocycles. The first-order chi connectivity index (χ1) is 8.38. The molecule has 18 heavy (non-hydrogen) atoms. The normalized spacial score (nSPS) is 10.9. The average molecular weight is 289 g/mol. The highest BCUT2D eigenvalue weighted by molar-refractivity contribution is 7.91. The van der Waals surface area contributed by atoms with E-state index in [4.69, 9.17) is 16.9 Å². The number of rotatable bonds is 5. The Morgan fingerprint density at radius 1 is 1.44 bits per heavy atom. The monoisotopic (exact) mass is 288 g/mol. The van der Waals surface area contributed by atoms with E-state index in [1.165, 1.54) is 0 Å². The molecule has 0 heterocycles. The predicted molar refractivity (Wildman–Crippen MR) is 65.0 cm³/mol. The average Bonchev–Trinajstić information content (AvgIpc) is 2.28. The minimum absolute atomic E-state index is 0.129. The number of nitro groups is 1. The van der Waals surface area contributed by atoms with Crippen LogP contribution in [0.1, 0.15) is 12.8 Å². The second-order valence-corrected chi connectivity index (χ2v) is 5.94. The second kappa shape index (κ2) is 5.80. The van der Waals surface area contributed by atoms with Crippen molar-refractivity contribution in [2.45, 2.75) is 17.7 Å². The van der Waals surface area contributed by atoms with Crippen LogP contribution in [0.25, 0.3) is 0 Å². The first-order valence-corrected chi connectivity index (χ1v) is 6.95. The lowest BCUT2D eigenvalue weighted by Crippen LogP contribution is -2.07. The van der Waals surface area contributed by atoms with Crippen LogP contribution in [0.2, 0.25) is 5.02 Å². The summed E-state index contributed by atoms with van der Waals surface area (Å²) in [4.78, 5) is 9.69. The van der Waals surface area contributed by atoms with E-state index in [2.05, 4.69) is 0 Å². The van der Waals surface area contributed by atoms with Gasteiger partial charge in [-0.3, -0.25) is 10.1 Å². The maximum atomic E-state index is 11.8. The highest BCUT2D eigenvalue weighted by Gasteiger charge is 2.20. The van der Waals surface area contributed by atoms with Crippen LogP contribution >= 0.6 is 11.6 Å². The summed E-state index contributed by atoms with van der Waals surface area (Å²) in [7, 11) is -3.61. The highest BCUT2D eigenvalue weighted by Crippen LogP contribution is 2.27. The Morgan fingerprint density at radius 2 is 2.11 bits per heavy atom. The lowest BCUT2D eigenvalue weighted by Gasteiger charge is -2.05. The molecule has 0 N–H and O–H groups in total. The van der Waals surface area contributed by atoms with E-state index in [-0.39, 0.29) is 34.2 Å². The second-order valence-electron chi connectivity index (χ2n) is 3.45. The van der Waals surface area contributed by atoms with E-state index >= 15 is 0 Å². The lowest BCUT2D eigenvalue weighted by atomic mass is 10.3. The third-order valence-electron chi connectivity index (χ3n) is 2.16. The number of hydrogen-bond acceptors (Lipinski definition) is 5. The maximum absolute atomic E-state index is 11.8. The molecule has 0 aliphatic rings. The van der Waals surface area contributed by atoms with Crippen molar-refractivity contribution in [2.75, 3.05) is 5.75 Å².